The molecule has 11 heteroatoms. The van der Waals surface area contributed by atoms with E-state index >= 15 is 0 Å². The molecule has 0 bridgehead atoms. The first kappa shape index (κ1) is 18.7. The van der Waals surface area contributed by atoms with E-state index in [1.54, 1.807) is 18.2 Å². The van der Waals surface area contributed by atoms with E-state index in [1.807, 2.05) is 4.98 Å². The lowest BCUT2D eigenvalue weighted by Gasteiger charge is -2.09. The van der Waals surface area contributed by atoms with E-state index in [1.165, 1.54) is 20.4 Å². The Labute approximate surface area is 147 Å². The van der Waals surface area contributed by atoms with Crippen LogP contribution in [0, 0.1) is 0 Å². The van der Waals surface area contributed by atoms with E-state index in [9.17, 15) is 14.4 Å². The molecule has 0 aliphatic heterocycles. The molecule has 4 N–H and O–H groups in total. The zero-order chi connectivity index (χ0) is 18.9. The molecule has 0 spiro atoms. The Balaban J connectivity index is 1.86. The summed E-state index contributed by atoms with van der Waals surface area (Å²) in [4.78, 5) is 36.0. The number of aromatic amines is 2. The summed E-state index contributed by atoms with van der Waals surface area (Å²) in [6.07, 6.45) is 1.47. The first-order valence-corrected chi connectivity index (χ1v) is 7.51. The van der Waals surface area contributed by atoms with Crippen molar-refractivity contribution >= 4 is 17.9 Å². The van der Waals surface area contributed by atoms with E-state index in [4.69, 9.17) is 9.47 Å². The minimum Gasteiger partial charge on any atom is -0.493 e. The molecule has 1 heterocycles. The Morgan fingerprint density at radius 1 is 1.31 bits per heavy atom. The minimum absolute atomic E-state index is 0.0346. The van der Waals surface area contributed by atoms with Crippen LogP contribution in [0.2, 0.25) is 0 Å². The van der Waals surface area contributed by atoms with Crippen LogP contribution in [0.5, 0.6) is 11.5 Å². The lowest BCUT2D eigenvalue weighted by atomic mass is 10.2. The van der Waals surface area contributed by atoms with Crippen molar-refractivity contribution in [2.24, 2.45) is 5.10 Å². The minimum atomic E-state index is -0.708. The smallest absolute Gasteiger partial charge is 0.342 e. The Morgan fingerprint density at radius 2 is 2.12 bits per heavy atom. The van der Waals surface area contributed by atoms with E-state index in [2.05, 4.69) is 26.0 Å². The number of hydrazone groups is 1. The van der Waals surface area contributed by atoms with Crippen LogP contribution in [0.25, 0.3) is 0 Å². The van der Waals surface area contributed by atoms with Crippen LogP contribution in [0.1, 0.15) is 12.0 Å². The number of carbonyl (C=O) groups is 1. The predicted octanol–water partition coefficient (Wildman–Crippen LogP) is -0.572. The van der Waals surface area contributed by atoms with Crippen LogP contribution in [-0.2, 0) is 4.79 Å². The second-order valence-corrected chi connectivity index (χ2v) is 4.91. The number of nitrogens with zero attached hydrogens (tertiary/aromatic N) is 2. The number of aromatic nitrogens is 3. The number of nitrogens with one attached hydrogen (secondary N) is 4. The summed E-state index contributed by atoms with van der Waals surface area (Å²) in [5.74, 6) is 0.585. The summed E-state index contributed by atoms with van der Waals surface area (Å²) in [5.41, 5.74) is 1.62. The number of H-pyrrole nitrogens is 2. The lowest BCUT2D eigenvalue weighted by Crippen LogP contribution is -2.28. The highest BCUT2D eigenvalue weighted by Crippen LogP contribution is 2.29. The first-order valence-electron chi connectivity index (χ1n) is 7.51. The third-order valence-corrected chi connectivity index (χ3v) is 3.18. The van der Waals surface area contributed by atoms with Crippen molar-refractivity contribution in [3.05, 3.63) is 44.6 Å². The van der Waals surface area contributed by atoms with Gasteiger partial charge in [-0.05, 0) is 12.1 Å². The van der Waals surface area contributed by atoms with Gasteiger partial charge >= 0.3 is 5.69 Å². The number of benzene rings is 1. The van der Waals surface area contributed by atoms with E-state index in [0.717, 1.165) is 0 Å². The maximum Gasteiger partial charge on any atom is 0.342 e. The monoisotopic (exact) mass is 362 g/mol. The van der Waals surface area contributed by atoms with Crippen molar-refractivity contribution < 1.29 is 14.3 Å². The van der Waals surface area contributed by atoms with Gasteiger partial charge in [-0.15, -0.1) is 5.10 Å². The second kappa shape index (κ2) is 9.01. The van der Waals surface area contributed by atoms with Gasteiger partial charge in [0, 0.05) is 18.5 Å². The molecule has 0 saturated heterocycles. The molecule has 1 aromatic carbocycles. The number of para-hydroxylation sites is 1. The third kappa shape index (κ3) is 4.93. The molecule has 1 amide bonds. The van der Waals surface area contributed by atoms with Gasteiger partial charge < -0.3 is 14.8 Å². The van der Waals surface area contributed by atoms with Gasteiger partial charge in [0.05, 0.1) is 20.4 Å². The molecule has 2 rings (SSSR count). The molecule has 0 aliphatic carbocycles. The molecular formula is C15H18N6O5. The number of anilines is 1. The number of methoxy groups -OCH3 is 2. The van der Waals surface area contributed by atoms with Gasteiger partial charge in [-0.3, -0.25) is 14.6 Å². The Morgan fingerprint density at radius 3 is 2.81 bits per heavy atom. The largest absolute Gasteiger partial charge is 0.493 e. The molecule has 1 aromatic heterocycles. The Hall–Kier alpha value is -3.63. The molecular weight excluding hydrogens is 344 g/mol. The highest BCUT2D eigenvalue weighted by atomic mass is 16.5. The van der Waals surface area contributed by atoms with Gasteiger partial charge in [-0.1, -0.05) is 6.07 Å². The summed E-state index contributed by atoms with van der Waals surface area (Å²) in [5, 5.41) is 12.1. The van der Waals surface area contributed by atoms with Crippen molar-refractivity contribution in [2.45, 2.75) is 6.42 Å². The van der Waals surface area contributed by atoms with Gasteiger partial charge in [0.1, 0.15) is 0 Å². The number of amides is 1. The number of hydrogen-bond acceptors (Lipinski definition) is 8. The van der Waals surface area contributed by atoms with Crippen molar-refractivity contribution in [1.82, 2.24) is 20.6 Å². The number of hydrogen-bond donors (Lipinski definition) is 4. The number of carbonyl (C=O) groups excluding carboxylic acids is 1. The normalized spacial score (nSPS) is 10.5. The summed E-state index contributed by atoms with van der Waals surface area (Å²) in [6.45, 7) is 0.131. The molecule has 11 nitrogen and oxygen atoms in total. The van der Waals surface area contributed by atoms with Crippen LogP contribution in [-0.4, -0.2) is 48.1 Å². The average molecular weight is 362 g/mol. The lowest BCUT2D eigenvalue weighted by molar-refractivity contribution is -0.120. The van der Waals surface area contributed by atoms with Crippen LogP contribution in [0.15, 0.2) is 32.9 Å². The number of ether oxygens (including phenoxy) is 2. The molecule has 138 valence electrons. The van der Waals surface area contributed by atoms with Crippen molar-refractivity contribution in [3.63, 3.8) is 0 Å². The highest BCUT2D eigenvalue weighted by molar-refractivity contribution is 5.86. The van der Waals surface area contributed by atoms with Crippen LogP contribution in [0.3, 0.4) is 0 Å². The topological polar surface area (TPSA) is 151 Å². The maximum atomic E-state index is 11.8. The first-order chi connectivity index (χ1) is 12.5. The quantitative estimate of drug-likeness (QED) is 0.362. The van der Waals surface area contributed by atoms with Crippen molar-refractivity contribution in [2.75, 3.05) is 26.1 Å². The zero-order valence-corrected chi connectivity index (χ0v) is 14.2. The van der Waals surface area contributed by atoms with E-state index in [0.29, 0.717) is 17.1 Å². The summed E-state index contributed by atoms with van der Waals surface area (Å²) >= 11 is 0. The molecule has 0 saturated carbocycles. The Bertz CT molecular complexity index is 904. The van der Waals surface area contributed by atoms with Crippen molar-refractivity contribution in [1.29, 1.82) is 0 Å². The van der Waals surface area contributed by atoms with Gasteiger partial charge in [0.25, 0.3) is 5.56 Å². The van der Waals surface area contributed by atoms with Crippen LogP contribution in [0.4, 0.5) is 5.82 Å². The SMILES string of the molecule is COc1cccc(C=NNC(=O)CCNc2n[nH]c(=O)[nH]c2=O)c1OC. The Kier molecular flexibility index (Phi) is 6.48. The van der Waals surface area contributed by atoms with E-state index < -0.39 is 11.2 Å². The maximum absolute atomic E-state index is 11.8. The molecule has 0 fully saturated rings. The summed E-state index contributed by atoms with van der Waals surface area (Å²) < 4.78 is 10.4. The summed E-state index contributed by atoms with van der Waals surface area (Å²) in [7, 11) is 3.03. The molecule has 26 heavy (non-hydrogen) atoms. The standard InChI is InChI=1S/C15H18N6O5/c1-25-10-5-3-4-9(12(10)26-2)8-17-19-11(22)6-7-16-13-14(23)18-15(24)21-20-13/h3-5,8H,6-7H2,1-2H3,(H,16,20)(H,19,22)(H2,18,21,23,24). The zero-order valence-electron chi connectivity index (χ0n) is 14.2. The fraction of sp³-hybridized carbons (Fsp3) is 0.267. The van der Waals surface area contributed by atoms with Crippen LogP contribution >= 0.6 is 0 Å². The van der Waals surface area contributed by atoms with Gasteiger partial charge in [-0.25, -0.2) is 15.3 Å². The molecule has 0 radical (unpaired) electrons. The predicted molar refractivity (Wildman–Crippen MR) is 93.9 cm³/mol. The highest BCUT2D eigenvalue weighted by Gasteiger charge is 2.08. The average Bonchev–Trinajstić information content (AvgIpc) is 2.63. The van der Waals surface area contributed by atoms with Crippen LogP contribution < -0.4 is 31.5 Å². The molecule has 0 aliphatic rings. The van der Waals surface area contributed by atoms with Crippen molar-refractivity contribution in [3.8, 4) is 11.5 Å². The summed E-state index contributed by atoms with van der Waals surface area (Å²) in [6, 6.07) is 5.27. The third-order valence-electron chi connectivity index (χ3n) is 3.18. The number of rotatable bonds is 8. The fourth-order valence-corrected chi connectivity index (χ4v) is 2.01. The van der Waals surface area contributed by atoms with E-state index in [-0.39, 0.29) is 24.7 Å². The van der Waals surface area contributed by atoms with Gasteiger partial charge in [0.15, 0.2) is 11.5 Å². The molecule has 0 unspecified atom stereocenters. The van der Waals surface area contributed by atoms with Gasteiger partial charge in [-0.2, -0.15) is 5.10 Å². The molecule has 2 aromatic rings. The second-order valence-electron chi connectivity index (χ2n) is 4.91. The molecule has 0 atom stereocenters. The fourth-order valence-electron chi connectivity index (χ4n) is 2.01. The van der Waals surface area contributed by atoms with Gasteiger partial charge in [0.2, 0.25) is 11.7 Å².